The van der Waals surface area contributed by atoms with Crippen molar-refractivity contribution in [3.63, 3.8) is 0 Å². The summed E-state index contributed by atoms with van der Waals surface area (Å²) in [4.78, 5) is 20.9. The molecule has 0 amide bonds. The molecule has 10 heavy (non-hydrogen) atoms. The first-order valence-electron chi connectivity index (χ1n) is 3.54. The van der Waals surface area contributed by atoms with E-state index in [9.17, 15) is 9.59 Å². The summed E-state index contributed by atoms with van der Waals surface area (Å²) < 4.78 is 0. The van der Waals surface area contributed by atoms with Crippen molar-refractivity contribution in [2.75, 3.05) is 0 Å². The lowest BCUT2D eigenvalue weighted by atomic mass is 9.84. The van der Waals surface area contributed by atoms with E-state index in [-0.39, 0.29) is 5.78 Å². The summed E-state index contributed by atoms with van der Waals surface area (Å²) in [6.45, 7) is 5.60. The molecular formula is C8H14O2. The molecule has 0 atom stereocenters. The van der Waals surface area contributed by atoms with Gasteiger partial charge in [-0.2, -0.15) is 0 Å². The van der Waals surface area contributed by atoms with Crippen molar-refractivity contribution >= 4 is 12.1 Å². The second-order valence-electron chi connectivity index (χ2n) is 3.12. The van der Waals surface area contributed by atoms with E-state index >= 15 is 0 Å². The molecule has 0 aromatic rings. The highest BCUT2D eigenvalue weighted by Gasteiger charge is 2.25. The molecule has 0 saturated carbocycles. The first-order chi connectivity index (χ1) is 4.54. The first kappa shape index (κ1) is 9.34. The minimum absolute atomic E-state index is 0.297. The molecular weight excluding hydrogens is 128 g/mol. The first-order valence-corrected chi connectivity index (χ1v) is 3.54. The molecule has 0 rings (SSSR count). The fourth-order valence-corrected chi connectivity index (χ4v) is 0.908. The third-order valence-corrected chi connectivity index (χ3v) is 1.65. The predicted molar refractivity (Wildman–Crippen MR) is 39.8 cm³/mol. The maximum Gasteiger partial charge on any atom is 0.200 e. The normalized spacial score (nSPS) is 11.1. The average molecular weight is 142 g/mol. The zero-order valence-corrected chi connectivity index (χ0v) is 6.81. The van der Waals surface area contributed by atoms with Gasteiger partial charge in [0.05, 0.1) is 0 Å². The van der Waals surface area contributed by atoms with Crippen LogP contribution in [0.4, 0.5) is 0 Å². The molecule has 0 heterocycles. The lowest BCUT2D eigenvalue weighted by Gasteiger charge is -2.18. The molecule has 0 aliphatic rings. The standard InChI is InChI=1S/C8H14O2/c1-4-5-8(2,3)7(10)6-9/h6H,4-5H2,1-3H3. The molecule has 0 N–H and O–H groups in total. The van der Waals surface area contributed by atoms with Crippen molar-refractivity contribution in [2.24, 2.45) is 5.41 Å². The number of hydrogen-bond acceptors (Lipinski definition) is 2. The Kier molecular flexibility index (Phi) is 3.26. The quantitative estimate of drug-likeness (QED) is 0.441. The lowest BCUT2D eigenvalue weighted by molar-refractivity contribution is -0.135. The van der Waals surface area contributed by atoms with E-state index in [0.29, 0.717) is 6.29 Å². The van der Waals surface area contributed by atoms with Crippen LogP contribution in [-0.2, 0) is 9.59 Å². The largest absolute Gasteiger partial charge is 0.295 e. The summed E-state index contributed by atoms with van der Waals surface area (Å²) in [5, 5.41) is 0. The molecule has 0 aliphatic carbocycles. The Morgan fingerprint density at radius 3 is 2.30 bits per heavy atom. The van der Waals surface area contributed by atoms with Crippen LogP contribution >= 0.6 is 0 Å². The van der Waals surface area contributed by atoms with Crippen LogP contribution in [0.1, 0.15) is 33.6 Å². The summed E-state index contributed by atoms with van der Waals surface area (Å²) in [7, 11) is 0. The van der Waals surface area contributed by atoms with E-state index in [1.807, 2.05) is 6.92 Å². The zero-order chi connectivity index (χ0) is 8.20. The van der Waals surface area contributed by atoms with E-state index in [1.54, 1.807) is 13.8 Å². The number of aldehydes is 1. The molecule has 0 fully saturated rings. The highest BCUT2D eigenvalue weighted by molar-refractivity contribution is 6.27. The number of hydrogen-bond donors (Lipinski definition) is 0. The van der Waals surface area contributed by atoms with Crippen LogP contribution in [0.25, 0.3) is 0 Å². The number of ketones is 1. The smallest absolute Gasteiger partial charge is 0.200 e. The van der Waals surface area contributed by atoms with Crippen molar-refractivity contribution in [3.8, 4) is 0 Å². The SMILES string of the molecule is CCCC(C)(C)C(=O)C=O. The molecule has 0 unspecified atom stereocenters. The van der Waals surface area contributed by atoms with Gasteiger partial charge in [-0.05, 0) is 6.42 Å². The number of carbonyl (C=O) groups is 2. The zero-order valence-electron chi connectivity index (χ0n) is 6.81. The van der Waals surface area contributed by atoms with Crippen molar-refractivity contribution in [1.29, 1.82) is 0 Å². The lowest BCUT2D eigenvalue weighted by Crippen LogP contribution is -2.24. The van der Waals surface area contributed by atoms with Crippen LogP contribution in [0.5, 0.6) is 0 Å². The van der Waals surface area contributed by atoms with Gasteiger partial charge in [-0.15, -0.1) is 0 Å². The molecule has 0 aromatic carbocycles. The topological polar surface area (TPSA) is 34.1 Å². The van der Waals surface area contributed by atoms with Crippen LogP contribution < -0.4 is 0 Å². The van der Waals surface area contributed by atoms with Crippen molar-refractivity contribution in [3.05, 3.63) is 0 Å². The highest BCUT2D eigenvalue weighted by atomic mass is 16.2. The van der Waals surface area contributed by atoms with Gasteiger partial charge < -0.3 is 0 Å². The second kappa shape index (κ2) is 3.49. The minimum Gasteiger partial charge on any atom is -0.295 e. The Bertz CT molecular complexity index is 136. The molecule has 58 valence electrons. The summed E-state index contributed by atoms with van der Waals surface area (Å²) in [6.07, 6.45) is 2.13. The third kappa shape index (κ3) is 2.29. The van der Waals surface area contributed by atoms with Crippen LogP contribution in [-0.4, -0.2) is 12.1 Å². The van der Waals surface area contributed by atoms with Crippen molar-refractivity contribution in [1.82, 2.24) is 0 Å². The van der Waals surface area contributed by atoms with E-state index in [2.05, 4.69) is 0 Å². The van der Waals surface area contributed by atoms with Crippen molar-refractivity contribution in [2.45, 2.75) is 33.6 Å². The van der Waals surface area contributed by atoms with Crippen LogP contribution in [0.3, 0.4) is 0 Å². The fourth-order valence-electron chi connectivity index (χ4n) is 0.908. The van der Waals surface area contributed by atoms with Gasteiger partial charge in [0.15, 0.2) is 6.29 Å². The maximum atomic E-state index is 10.9. The molecule has 0 bridgehead atoms. The Labute approximate surface area is 61.6 Å². The summed E-state index contributed by atoms with van der Waals surface area (Å²) in [5.74, 6) is -0.297. The predicted octanol–water partition coefficient (Wildman–Crippen LogP) is 1.58. The average Bonchev–Trinajstić information content (AvgIpc) is 1.86. The molecule has 0 saturated heterocycles. The van der Waals surface area contributed by atoms with E-state index in [0.717, 1.165) is 12.8 Å². The van der Waals surface area contributed by atoms with E-state index in [4.69, 9.17) is 0 Å². The minimum atomic E-state index is -0.448. The van der Waals surface area contributed by atoms with Crippen LogP contribution in [0.2, 0.25) is 0 Å². The van der Waals surface area contributed by atoms with Gasteiger partial charge in [-0.25, -0.2) is 0 Å². The van der Waals surface area contributed by atoms with Gasteiger partial charge in [0.2, 0.25) is 5.78 Å². The van der Waals surface area contributed by atoms with E-state index in [1.165, 1.54) is 0 Å². The Morgan fingerprint density at radius 1 is 1.50 bits per heavy atom. The third-order valence-electron chi connectivity index (χ3n) is 1.65. The van der Waals surface area contributed by atoms with Gasteiger partial charge in [-0.1, -0.05) is 27.2 Å². The highest BCUT2D eigenvalue weighted by Crippen LogP contribution is 2.21. The van der Waals surface area contributed by atoms with Gasteiger partial charge in [0, 0.05) is 5.41 Å². The summed E-state index contributed by atoms with van der Waals surface area (Å²) in [5.41, 5.74) is -0.448. The van der Waals surface area contributed by atoms with Crippen LogP contribution in [0, 0.1) is 5.41 Å². The number of rotatable bonds is 4. The fraction of sp³-hybridized carbons (Fsp3) is 0.750. The number of Topliss-reactive ketones (excluding diaryl/α,β-unsaturated/α-hetero) is 1. The van der Waals surface area contributed by atoms with Crippen LogP contribution in [0.15, 0.2) is 0 Å². The van der Waals surface area contributed by atoms with Gasteiger partial charge >= 0.3 is 0 Å². The Morgan fingerprint density at radius 2 is 2.00 bits per heavy atom. The summed E-state index contributed by atoms with van der Waals surface area (Å²) in [6, 6.07) is 0. The molecule has 2 heteroatoms. The monoisotopic (exact) mass is 142 g/mol. The molecule has 0 radical (unpaired) electrons. The molecule has 0 aromatic heterocycles. The van der Waals surface area contributed by atoms with Gasteiger partial charge in [-0.3, -0.25) is 9.59 Å². The Hall–Kier alpha value is -0.660. The van der Waals surface area contributed by atoms with Crippen molar-refractivity contribution < 1.29 is 9.59 Å². The van der Waals surface area contributed by atoms with Gasteiger partial charge in [0.1, 0.15) is 0 Å². The molecule has 0 aliphatic heterocycles. The molecule has 0 spiro atoms. The summed E-state index contributed by atoms with van der Waals surface area (Å²) >= 11 is 0. The number of carbonyl (C=O) groups excluding carboxylic acids is 2. The van der Waals surface area contributed by atoms with E-state index < -0.39 is 5.41 Å². The van der Waals surface area contributed by atoms with Gasteiger partial charge in [0.25, 0.3) is 0 Å². The molecule has 2 nitrogen and oxygen atoms in total. The maximum absolute atomic E-state index is 10.9. The Balaban J connectivity index is 4.08. The second-order valence-corrected chi connectivity index (χ2v) is 3.12.